The minimum absolute atomic E-state index is 0.164. The van der Waals surface area contributed by atoms with Crippen molar-refractivity contribution in [1.82, 2.24) is 4.98 Å². The van der Waals surface area contributed by atoms with E-state index in [1.165, 1.54) is 11.3 Å². The zero-order valence-electron chi connectivity index (χ0n) is 13.3. The third-order valence-corrected chi connectivity index (χ3v) is 3.68. The molecule has 1 aromatic heterocycles. The Morgan fingerprint density at radius 3 is 2.74 bits per heavy atom. The van der Waals surface area contributed by atoms with E-state index in [1.54, 1.807) is 21.0 Å². The van der Waals surface area contributed by atoms with Gasteiger partial charge in [0, 0.05) is 16.7 Å². The van der Waals surface area contributed by atoms with E-state index in [2.05, 4.69) is 15.5 Å². The molecule has 0 saturated carbocycles. The molecule has 1 heterocycles. The van der Waals surface area contributed by atoms with Crippen LogP contribution < -0.4 is 10.2 Å². The highest BCUT2D eigenvalue weighted by atomic mass is 32.1. The van der Waals surface area contributed by atoms with Crippen LogP contribution in [0.5, 0.6) is 5.75 Å². The number of nitrogens with one attached hydrogen (secondary N) is 1. The van der Waals surface area contributed by atoms with Crippen molar-refractivity contribution >= 4 is 28.1 Å². The maximum atomic E-state index is 11.4. The van der Waals surface area contributed by atoms with Gasteiger partial charge in [0.2, 0.25) is 5.13 Å². The number of hydrogen-bond acceptors (Lipinski definition) is 7. The number of carbonyl (C=O) groups is 1. The molecule has 0 fully saturated rings. The smallest absolute Gasteiger partial charge is 0.311 e. The lowest BCUT2D eigenvalue weighted by atomic mass is 10.2. The Balaban J connectivity index is 1.97. The first-order valence-corrected chi connectivity index (χ1v) is 8.05. The van der Waals surface area contributed by atoms with Gasteiger partial charge in [-0.1, -0.05) is 0 Å². The summed E-state index contributed by atoms with van der Waals surface area (Å²) in [6.45, 7) is 3.91. The van der Waals surface area contributed by atoms with Crippen LogP contribution in [-0.2, 0) is 9.53 Å². The van der Waals surface area contributed by atoms with Gasteiger partial charge in [0.25, 0.3) is 0 Å². The number of hydrogen-bond donors (Lipinski definition) is 1. The predicted molar refractivity (Wildman–Crippen MR) is 92.1 cm³/mol. The Hall–Kier alpha value is -2.41. The van der Waals surface area contributed by atoms with Gasteiger partial charge in [0.1, 0.15) is 5.75 Å². The highest BCUT2D eigenvalue weighted by Gasteiger charge is 2.06. The Morgan fingerprint density at radius 2 is 2.09 bits per heavy atom. The van der Waals surface area contributed by atoms with Crippen molar-refractivity contribution in [1.29, 1.82) is 0 Å². The first-order valence-electron chi connectivity index (χ1n) is 7.17. The molecule has 2 aromatic rings. The topological polar surface area (TPSA) is 72.8 Å². The molecule has 0 amide bonds. The predicted octanol–water partition coefficient (Wildman–Crippen LogP) is 3.56. The van der Waals surface area contributed by atoms with E-state index in [-0.39, 0.29) is 12.4 Å². The van der Waals surface area contributed by atoms with Crippen molar-refractivity contribution < 1.29 is 14.3 Å². The van der Waals surface area contributed by atoms with Gasteiger partial charge in [-0.25, -0.2) is 4.98 Å². The van der Waals surface area contributed by atoms with E-state index in [4.69, 9.17) is 9.47 Å². The summed E-state index contributed by atoms with van der Waals surface area (Å²) in [6, 6.07) is 7.69. The standard InChI is InChI=1S/C16H19N3O3S/c1-4-22-15(20)9-11(2)18-19-16-17-14(10-23-16)12-5-7-13(21-3)8-6-12/h5-8,10H,4,9H2,1-3H3,(H,17,19)/b18-11-. The molecular formula is C16H19N3O3S. The van der Waals surface area contributed by atoms with Crippen molar-refractivity contribution in [2.24, 2.45) is 5.10 Å². The summed E-state index contributed by atoms with van der Waals surface area (Å²) in [4.78, 5) is 15.8. The molecule has 23 heavy (non-hydrogen) atoms. The van der Waals surface area contributed by atoms with Gasteiger partial charge in [-0.2, -0.15) is 5.10 Å². The van der Waals surface area contributed by atoms with Crippen LogP contribution in [0.1, 0.15) is 20.3 Å². The molecular weight excluding hydrogens is 314 g/mol. The average Bonchev–Trinajstić information content (AvgIpc) is 3.02. The van der Waals surface area contributed by atoms with Crippen molar-refractivity contribution in [3.05, 3.63) is 29.6 Å². The van der Waals surface area contributed by atoms with Gasteiger partial charge in [0.15, 0.2) is 0 Å². The van der Waals surface area contributed by atoms with Crippen molar-refractivity contribution in [2.75, 3.05) is 19.1 Å². The Bertz CT molecular complexity index is 680. The second-order valence-corrected chi connectivity index (χ2v) is 5.57. The van der Waals surface area contributed by atoms with E-state index >= 15 is 0 Å². The Kier molecular flexibility index (Phi) is 6.10. The number of anilines is 1. The van der Waals surface area contributed by atoms with Crippen molar-refractivity contribution in [2.45, 2.75) is 20.3 Å². The fraction of sp³-hybridized carbons (Fsp3) is 0.312. The van der Waals surface area contributed by atoms with Crippen molar-refractivity contribution in [3.63, 3.8) is 0 Å². The summed E-state index contributed by atoms with van der Waals surface area (Å²) in [5, 5.41) is 6.76. The first kappa shape index (κ1) is 17.0. The molecule has 2 rings (SSSR count). The normalized spacial score (nSPS) is 11.2. The first-order chi connectivity index (χ1) is 11.1. The third kappa shape index (κ3) is 5.07. The van der Waals surface area contributed by atoms with Gasteiger partial charge in [0.05, 0.1) is 25.8 Å². The Morgan fingerprint density at radius 1 is 1.35 bits per heavy atom. The van der Waals surface area contributed by atoms with E-state index in [0.717, 1.165) is 17.0 Å². The van der Waals surface area contributed by atoms with Crippen LogP contribution in [0.15, 0.2) is 34.7 Å². The van der Waals surface area contributed by atoms with Gasteiger partial charge >= 0.3 is 5.97 Å². The molecule has 0 spiro atoms. The van der Waals surface area contributed by atoms with E-state index in [0.29, 0.717) is 17.5 Å². The fourth-order valence-electron chi connectivity index (χ4n) is 1.82. The van der Waals surface area contributed by atoms with Gasteiger partial charge in [-0.3, -0.25) is 10.2 Å². The number of benzene rings is 1. The fourth-order valence-corrected chi connectivity index (χ4v) is 2.48. The molecule has 0 atom stereocenters. The van der Waals surface area contributed by atoms with Crippen LogP contribution in [0.25, 0.3) is 11.3 Å². The molecule has 0 aliphatic rings. The zero-order valence-corrected chi connectivity index (χ0v) is 14.1. The van der Waals surface area contributed by atoms with E-state index < -0.39 is 0 Å². The SMILES string of the molecule is CCOC(=O)C/C(C)=N\Nc1nc(-c2ccc(OC)cc2)cs1. The van der Waals surface area contributed by atoms with Crippen LogP contribution in [0, 0.1) is 0 Å². The van der Waals surface area contributed by atoms with Crippen LogP contribution >= 0.6 is 11.3 Å². The molecule has 0 aliphatic carbocycles. The molecule has 0 aliphatic heterocycles. The number of hydrazone groups is 1. The number of thiazole rings is 1. The summed E-state index contributed by atoms with van der Waals surface area (Å²) >= 11 is 1.45. The zero-order chi connectivity index (χ0) is 16.7. The lowest BCUT2D eigenvalue weighted by molar-refractivity contribution is -0.141. The highest BCUT2D eigenvalue weighted by molar-refractivity contribution is 7.14. The molecule has 0 unspecified atom stereocenters. The number of carbonyl (C=O) groups excluding carboxylic acids is 1. The maximum absolute atomic E-state index is 11.4. The Labute approximate surface area is 139 Å². The number of methoxy groups -OCH3 is 1. The van der Waals surface area contributed by atoms with Crippen LogP contribution in [0.3, 0.4) is 0 Å². The number of ether oxygens (including phenoxy) is 2. The average molecular weight is 333 g/mol. The van der Waals surface area contributed by atoms with E-state index in [9.17, 15) is 4.79 Å². The highest BCUT2D eigenvalue weighted by Crippen LogP contribution is 2.26. The molecule has 1 N–H and O–H groups in total. The minimum Gasteiger partial charge on any atom is -0.497 e. The maximum Gasteiger partial charge on any atom is 0.311 e. The molecule has 7 heteroatoms. The number of esters is 1. The second-order valence-electron chi connectivity index (χ2n) is 4.71. The van der Waals surface area contributed by atoms with Crippen LogP contribution in [-0.4, -0.2) is 30.4 Å². The van der Waals surface area contributed by atoms with Gasteiger partial charge < -0.3 is 9.47 Å². The molecule has 0 bridgehead atoms. The largest absolute Gasteiger partial charge is 0.497 e. The summed E-state index contributed by atoms with van der Waals surface area (Å²) in [5.41, 5.74) is 5.37. The summed E-state index contributed by atoms with van der Waals surface area (Å²) in [5.74, 6) is 0.523. The van der Waals surface area contributed by atoms with Gasteiger partial charge in [-0.15, -0.1) is 11.3 Å². The van der Waals surface area contributed by atoms with Crippen LogP contribution in [0.2, 0.25) is 0 Å². The molecule has 0 saturated heterocycles. The van der Waals surface area contributed by atoms with Gasteiger partial charge in [-0.05, 0) is 38.1 Å². The second kappa shape index (κ2) is 8.28. The summed E-state index contributed by atoms with van der Waals surface area (Å²) in [6.07, 6.45) is 0.164. The third-order valence-electron chi connectivity index (χ3n) is 2.94. The van der Waals surface area contributed by atoms with Crippen LogP contribution in [0.4, 0.5) is 5.13 Å². The van der Waals surface area contributed by atoms with E-state index in [1.807, 2.05) is 29.6 Å². The monoisotopic (exact) mass is 333 g/mol. The summed E-state index contributed by atoms with van der Waals surface area (Å²) in [7, 11) is 1.64. The number of aromatic nitrogens is 1. The molecule has 6 nitrogen and oxygen atoms in total. The number of nitrogens with zero attached hydrogens (tertiary/aromatic N) is 2. The molecule has 122 valence electrons. The lowest BCUT2D eigenvalue weighted by Crippen LogP contribution is -2.10. The molecule has 0 radical (unpaired) electrons. The molecule has 1 aromatic carbocycles. The summed E-state index contributed by atoms with van der Waals surface area (Å²) < 4.78 is 10.0. The lowest BCUT2D eigenvalue weighted by Gasteiger charge is -2.02. The number of rotatable bonds is 7. The quantitative estimate of drug-likeness (QED) is 0.476. The van der Waals surface area contributed by atoms with Crippen molar-refractivity contribution in [3.8, 4) is 17.0 Å². The minimum atomic E-state index is -0.284.